The second-order valence-corrected chi connectivity index (χ2v) is 9.30. The zero-order valence-electron chi connectivity index (χ0n) is 17.8. The Kier molecular flexibility index (Phi) is 6.89. The highest BCUT2D eigenvalue weighted by atomic mass is 16.5. The number of rotatable bonds is 7. The normalized spacial score (nSPS) is 13.1. The molecular weight excluding hydrogens is 352 g/mol. The number of carbonyl (C=O) groups is 1. The van der Waals surface area contributed by atoms with E-state index < -0.39 is 6.10 Å². The van der Waals surface area contributed by atoms with Crippen LogP contribution in [0.25, 0.3) is 0 Å². The number of aliphatic hydroxyl groups is 1. The van der Waals surface area contributed by atoms with Crippen LogP contribution in [0.2, 0.25) is 0 Å². The highest BCUT2D eigenvalue weighted by Crippen LogP contribution is 2.30. The number of hydrogen-bond donors (Lipinski definition) is 1. The van der Waals surface area contributed by atoms with Crippen LogP contribution in [0.3, 0.4) is 0 Å². The van der Waals surface area contributed by atoms with E-state index in [2.05, 4.69) is 20.8 Å². The van der Waals surface area contributed by atoms with Gasteiger partial charge in [-0.2, -0.15) is 0 Å². The van der Waals surface area contributed by atoms with Crippen molar-refractivity contribution in [1.82, 2.24) is 0 Å². The van der Waals surface area contributed by atoms with Crippen molar-refractivity contribution in [2.75, 3.05) is 6.61 Å². The van der Waals surface area contributed by atoms with E-state index in [0.717, 1.165) is 0 Å². The standard InChI is InChI=1S/C24H32O4/c1-23(2,3)15-18(25)16-27-21-14-19(28-24(4,5)6)12-13-20(21)22(26)17-10-8-7-9-11-17/h7-14,18,25H,15-16H2,1-6H3. The van der Waals surface area contributed by atoms with Gasteiger partial charge >= 0.3 is 0 Å². The van der Waals surface area contributed by atoms with Gasteiger partial charge in [0.15, 0.2) is 5.78 Å². The number of aliphatic hydroxyl groups excluding tert-OH is 1. The zero-order chi connectivity index (χ0) is 20.9. The summed E-state index contributed by atoms with van der Waals surface area (Å²) in [6, 6.07) is 14.3. The summed E-state index contributed by atoms with van der Waals surface area (Å²) < 4.78 is 11.8. The van der Waals surface area contributed by atoms with Gasteiger partial charge in [-0.15, -0.1) is 0 Å². The van der Waals surface area contributed by atoms with Crippen molar-refractivity contribution >= 4 is 5.78 Å². The van der Waals surface area contributed by atoms with Gasteiger partial charge in [0.1, 0.15) is 23.7 Å². The molecule has 0 aliphatic heterocycles. The van der Waals surface area contributed by atoms with Gasteiger partial charge < -0.3 is 14.6 Å². The summed E-state index contributed by atoms with van der Waals surface area (Å²) in [6.07, 6.45) is -0.0143. The van der Waals surface area contributed by atoms with E-state index in [-0.39, 0.29) is 23.4 Å². The molecule has 4 heteroatoms. The minimum atomic E-state index is -0.619. The smallest absolute Gasteiger partial charge is 0.196 e. The molecule has 0 saturated heterocycles. The molecule has 0 saturated carbocycles. The fourth-order valence-corrected chi connectivity index (χ4v) is 2.92. The van der Waals surface area contributed by atoms with Gasteiger partial charge in [-0.3, -0.25) is 4.79 Å². The van der Waals surface area contributed by atoms with Crippen molar-refractivity contribution in [1.29, 1.82) is 0 Å². The molecule has 4 nitrogen and oxygen atoms in total. The SMILES string of the molecule is CC(C)(C)CC(O)COc1cc(OC(C)(C)C)ccc1C(=O)c1ccccc1. The van der Waals surface area contributed by atoms with Gasteiger partial charge in [-0.1, -0.05) is 51.1 Å². The van der Waals surface area contributed by atoms with Gasteiger partial charge in [-0.05, 0) is 44.7 Å². The van der Waals surface area contributed by atoms with Crippen LogP contribution in [-0.2, 0) is 0 Å². The molecule has 0 aliphatic carbocycles. The largest absolute Gasteiger partial charge is 0.490 e. The molecule has 0 radical (unpaired) electrons. The molecular formula is C24H32O4. The van der Waals surface area contributed by atoms with E-state index >= 15 is 0 Å². The van der Waals surface area contributed by atoms with Crippen molar-refractivity contribution in [2.24, 2.45) is 5.41 Å². The first kappa shape index (κ1) is 22.0. The summed E-state index contributed by atoms with van der Waals surface area (Å²) >= 11 is 0. The minimum Gasteiger partial charge on any atom is -0.490 e. The van der Waals surface area contributed by atoms with Crippen LogP contribution in [-0.4, -0.2) is 29.2 Å². The molecule has 0 fully saturated rings. The van der Waals surface area contributed by atoms with Gasteiger partial charge in [0, 0.05) is 11.6 Å². The predicted molar refractivity (Wildman–Crippen MR) is 112 cm³/mol. The molecule has 0 aliphatic rings. The molecule has 2 rings (SSSR count). The van der Waals surface area contributed by atoms with E-state index in [0.29, 0.717) is 29.0 Å². The third kappa shape index (κ3) is 7.01. The lowest BCUT2D eigenvalue weighted by molar-refractivity contribution is 0.0697. The van der Waals surface area contributed by atoms with Crippen LogP contribution in [0.4, 0.5) is 0 Å². The molecule has 0 spiro atoms. The summed E-state index contributed by atoms with van der Waals surface area (Å²) in [7, 11) is 0. The van der Waals surface area contributed by atoms with Crippen LogP contribution in [0, 0.1) is 5.41 Å². The monoisotopic (exact) mass is 384 g/mol. The average Bonchev–Trinajstić information content (AvgIpc) is 2.57. The van der Waals surface area contributed by atoms with E-state index in [4.69, 9.17) is 9.47 Å². The van der Waals surface area contributed by atoms with Crippen molar-refractivity contribution in [3.63, 3.8) is 0 Å². The second-order valence-electron chi connectivity index (χ2n) is 9.30. The molecule has 2 aromatic carbocycles. The van der Waals surface area contributed by atoms with Crippen molar-refractivity contribution in [3.05, 3.63) is 59.7 Å². The average molecular weight is 385 g/mol. The molecule has 1 N–H and O–H groups in total. The van der Waals surface area contributed by atoms with E-state index in [9.17, 15) is 9.90 Å². The number of ether oxygens (including phenoxy) is 2. The molecule has 1 atom stereocenters. The molecule has 152 valence electrons. The lowest BCUT2D eigenvalue weighted by atomic mass is 9.89. The highest BCUT2D eigenvalue weighted by molar-refractivity contribution is 6.10. The maximum absolute atomic E-state index is 13.0. The Balaban J connectivity index is 2.29. The third-order valence-electron chi connectivity index (χ3n) is 3.94. The summed E-state index contributed by atoms with van der Waals surface area (Å²) in [5, 5.41) is 10.3. The maximum atomic E-state index is 13.0. The Labute approximate surface area is 168 Å². The van der Waals surface area contributed by atoms with Crippen molar-refractivity contribution in [3.8, 4) is 11.5 Å². The molecule has 0 aromatic heterocycles. The molecule has 1 unspecified atom stereocenters. The Morgan fingerprint density at radius 2 is 1.64 bits per heavy atom. The van der Waals surface area contributed by atoms with Crippen LogP contribution in [0.1, 0.15) is 63.9 Å². The Bertz CT molecular complexity index is 782. The lowest BCUT2D eigenvalue weighted by Crippen LogP contribution is -2.25. The molecule has 0 heterocycles. The van der Waals surface area contributed by atoms with Crippen LogP contribution in [0.15, 0.2) is 48.5 Å². The Morgan fingerprint density at radius 3 is 2.21 bits per heavy atom. The highest BCUT2D eigenvalue weighted by Gasteiger charge is 2.21. The first-order chi connectivity index (χ1) is 12.9. The van der Waals surface area contributed by atoms with Gasteiger partial charge in [0.2, 0.25) is 0 Å². The van der Waals surface area contributed by atoms with Crippen molar-refractivity contribution in [2.45, 2.75) is 59.7 Å². The fourth-order valence-electron chi connectivity index (χ4n) is 2.92. The van der Waals surface area contributed by atoms with Crippen LogP contribution < -0.4 is 9.47 Å². The second kappa shape index (κ2) is 8.78. The van der Waals surface area contributed by atoms with Crippen LogP contribution in [0.5, 0.6) is 11.5 Å². The molecule has 0 bridgehead atoms. The predicted octanol–water partition coefficient (Wildman–Crippen LogP) is 5.27. The zero-order valence-corrected chi connectivity index (χ0v) is 17.8. The number of hydrogen-bond acceptors (Lipinski definition) is 4. The lowest BCUT2D eigenvalue weighted by Gasteiger charge is -2.24. The Hall–Kier alpha value is -2.33. The first-order valence-corrected chi connectivity index (χ1v) is 9.68. The number of ketones is 1. The number of carbonyl (C=O) groups excluding carboxylic acids is 1. The fraction of sp³-hybridized carbons (Fsp3) is 0.458. The van der Waals surface area contributed by atoms with E-state index in [1.54, 1.807) is 30.3 Å². The van der Waals surface area contributed by atoms with E-state index in [1.165, 1.54) is 0 Å². The summed E-state index contributed by atoms with van der Waals surface area (Å²) in [5.41, 5.74) is 0.666. The van der Waals surface area contributed by atoms with Crippen molar-refractivity contribution < 1.29 is 19.4 Å². The molecule has 28 heavy (non-hydrogen) atoms. The van der Waals surface area contributed by atoms with Gasteiger partial charge in [-0.25, -0.2) is 0 Å². The quantitative estimate of drug-likeness (QED) is 0.661. The first-order valence-electron chi connectivity index (χ1n) is 9.68. The summed E-state index contributed by atoms with van der Waals surface area (Å²) in [6.45, 7) is 12.2. The van der Waals surface area contributed by atoms with Crippen LogP contribution >= 0.6 is 0 Å². The maximum Gasteiger partial charge on any atom is 0.196 e. The summed E-state index contributed by atoms with van der Waals surface area (Å²) in [5.74, 6) is 0.921. The van der Waals surface area contributed by atoms with Gasteiger partial charge in [0.25, 0.3) is 0 Å². The van der Waals surface area contributed by atoms with Gasteiger partial charge in [0.05, 0.1) is 11.7 Å². The number of benzene rings is 2. The Morgan fingerprint density at radius 1 is 1.00 bits per heavy atom. The topological polar surface area (TPSA) is 55.8 Å². The molecule has 2 aromatic rings. The third-order valence-corrected chi connectivity index (χ3v) is 3.94. The minimum absolute atomic E-state index is 0.0113. The molecule has 0 amide bonds. The summed E-state index contributed by atoms with van der Waals surface area (Å²) in [4.78, 5) is 13.0. The van der Waals surface area contributed by atoms with E-state index in [1.807, 2.05) is 39.0 Å².